The van der Waals surface area contributed by atoms with E-state index < -0.39 is 11.5 Å². The third-order valence-corrected chi connectivity index (χ3v) is 3.79. The summed E-state index contributed by atoms with van der Waals surface area (Å²) in [6.45, 7) is 4.11. The van der Waals surface area contributed by atoms with Crippen LogP contribution in [0.25, 0.3) is 0 Å². The summed E-state index contributed by atoms with van der Waals surface area (Å²) in [6, 6.07) is 6.51. The van der Waals surface area contributed by atoms with Crippen molar-refractivity contribution in [1.82, 2.24) is 5.32 Å². The summed E-state index contributed by atoms with van der Waals surface area (Å²) in [5, 5.41) is 12.1. The highest BCUT2D eigenvalue weighted by Crippen LogP contribution is 2.24. The summed E-state index contributed by atoms with van der Waals surface area (Å²) in [6.07, 6.45) is 0.440. The first-order valence-corrected chi connectivity index (χ1v) is 6.84. The van der Waals surface area contributed by atoms with Crippen molar-refractivity contribution in [3.8, 4) is 0 Å². The Balaban J connectivity index is 2.54. The maximum absolute atomic E-state index is 13.4. The van der Waals surface area contributed by atoms with E-state index in [0.29, 0.717) is 23.6 Å². The highest BCUT2D eigenvalue weighted by atomic mass is 32.2. The van der Waals surface area contributed by atoms with Gasteiger partial charge in [-0.05, 0) is 32.0 Å². The molecule has 0 amide bonds. The number of nitrogens with one attached hydrogen (secondary N) is 1. The largest absolute Gasteiger partial charge is 0.480 e. The molecule has 0 spiro atoms. The van der Waals surface area contributed by atoms with E-state index in [2.05, 4.69) is 5.32 Å². The molecule has 2 N–H and O–H groups in total. The molecule has 0 aliphatic rings. The van der Waals surface area contributed by atoms with Gasteiger partial charge in [-0.1, -0.05) is 19.1 Å². The fourth-order valence-corrected chi connectivity index (χ4v) is 2.70. The average Bonchev–Trinajstić information content (AvgIpc) is 2.32. The Morgan fingerprint density at radius 2 is 2.17 bits per heavy atom. The van der Waals surface area contributed by atoms with Crippen molar-refractivity contribution in [2.75, 3.05) is 12.3 Å². The number of carbonyl (C=O) groups is 1. The molecule has 0 aliphatic carbocycles. The first kappa shape index (κ1) is 15.0. The molecule has 1 unspecified atom stereocenters. The minimum Gasteiger partial charge on any atom is -0.480 e. The number of carboxylic acids is 1. The second-order valence-corrected chi connectivity index (χ2v) is 5.33. The van der Waals surface area contributed by atoms with Crippen molar-refractivity contribution in [3.63, 3.8) is 0 Å². The molecule has 100 valence electrons. The molecule has 0 radical (unpaired) electrons. The van der Waals surface area contributed by atoms with Gasteiger partial charge >= 0.3 is 5.97 Å². The molecule has 3 nitrogen and oxygen atoms in total. The predicted octanol–water partition coefficient (Wildman–Crippen LogP) is 2.76. The Bertz CT molecular complexity index is 414. The van der Waals surface area contributed by atoms with Crippen molar-refractivity contribution in [2.24, 2.45) is 0 Å². The molecule has 0 fully saturated rings. The van der Waals surface area contributed by atoms with E-state index >= 15 is 0 Å². The van der Waals surface area contributed by atoms with Crippen LogP contribution in [-0.2, 0) is 4.79 Å². The molecule has 1 rings (SSSR count). The van der Waals surface area contributed by atoms with Gasteiger partial charge in [0.05, 0.1) is 0 Å². The number of halogens is 1. The maximum Gasteiger partial charge on any atom is 0.323 e. The van der Waals surface area contributed by atoms with Crippen LogP contribution < -0.4 is 5.32 Å². The SMILES string of the molecule is CCNC(C)(CCSc1ccccc1F)C(=O)O. The highest BCUT2D eigenvalue weighted by Gasteiger charge is 2.31. The van der Waals surface area contributed by atoms with Gasteiger partial charge < -0.3 is 10.4 Å². The number of benzene rings is 1. The van der Waals surface area contributed by atoms with E-state index in [4.69, 9.17) is 5.11 Å². The van der Waals surface area contributed by atoms with Gasteiger partial charge in [0.15, 0.2) is 0 Å². The average molecular weight is 271 g/mol. The normalized spacial score (nSPS) is 14.2. The van der Waals surface area contributed by atoms with E-state index in [9.17, 15) is 9.18 Å². The molecule has 0 heterocycles. The topological polar surface area (TPSA) is 49.3 Å². The van der Waals surface area contributed by atoms with Crippen LogP contribution in [0.5, 0.6) is 0 Å². The molecule has 1 aromatic rings. The second kappa shape index (κ2) is 6.75. The molecule has 0 saturated carbocycles. The van der Waals surface area contributed by atoms with Gasteiger partial charge in [-0.2, -0.15) is 0 Å². The lowest BCUT2D eigenvalue weighted by Crippen LogP contribution is -2.49. The monoisotopic (exact) mass is 271 g/mol. The van der Waals surface area contributed by atoms with E-state index in [1.54, 1.807) is 25.1 Å². The zero-order valence-electron chi connectivity index (χ0n) is 10.6. The van der Waals surface area contributed by atoms with Gasteiger partial charge in [-0.25, -0.2) is 4.39 Å². The number of hydrogen-bond acceptors (Lipinski definition) is 3. The van der Waals surface area contributed by atoms with Crippen LogP contribution in [-0.4, -0.2) is 28.9 Å². The fraction of sp³-hybridized carbons (Fsp3) is 0.462. The van der Waals surface area contributed by atoms with E-state index in [-0.39, 0.29) is 5.82 Å². The van der Waals surface area contributed by atoms with Crippen LogP contribution in [0.4, 0.5) is 4.39 Å². The van der Waals surface area contributed by atoms with Crippen molar-refractivity contribution >= 4 is 17.7 Å². The van der Waals surface area contributed by atoms with Gasteiger partial charge in [0.2, 0.25) is 0 Å². The Kier molecular flexibility index (Phi) is 5.62. The number of thioether (sulfide) groups is 1. The predicted molar refractivity (Wildman–Crippen MR) is 71.5 cm³/mol. The molecular weight excluding hydrogens is 253 g/mol. The van der Waals surface area contributed by atoms with Crippen molar-refractivity contribution in [2.45, 2.75) is 30.7 Å². The lowest BCUT2D eigenvalue weighted by Gasteiger charge is -2.25. The molecule has 18 heavy (non-hydrogen) atoms. The Morgan fingerprint density at radius 3 is 2.72 bits per heavy atom. The standard InChI is InChI=1S/C13H18FNO2S/c1-3-15-13(2,12(16)17)8-9-18-11-7-5-4-6-10(11)14/h4-7,15H,3,8-9H2,1-2H3,(H,16,17). The summed E-state index contributed by atoms with van der Waals surface area (Å²) >= 11 is 1.34. The lowest BCUT2D eigenvalue weighted by molar-refractivity contribution is -0.144. The number of hydrogen-bond donors (Lipinski definition) is 2. The molecule has 0 aromatic heterocycles. The van der Waals surface area contributed by atoms with Gasteiger partial charge in [0.25, 0.3) is 0 Å². The van der Waals surface area contributed by atoms with Crippen molar-refractivity contribution < 1.29 is 14.3 Å². The van der Waals surface area contributed by atoms with E-state index in [1.807, 2.05) is 6.92 Å². The van der Waals surface area contributed by atoms with Crippen molar-refractivity contribution in [3.05, 3.63) is 30.1 Å². The van der Waals surface area contributed by atoms with E-state index in [0.717, 1.165) is 0 Å². The molecule has 1 aromatic carbocycles. The zero-order valence-corrected chi connectivity index (χ0v) is 11.4. The lowest BCUT2D eigenvalue weighted by atomic mass is 9.99. The Hall–Kier alpha value is -1.07. The maximum atomic E-state index is 13.4. The van der Waals surface area contributed by atoms with Crippen molar-refractivity contribution in [1.29, 1.82) is 0 Å². The third kappa shape index (κ3) is 3.99. The van der Waals surface area contributed by atoms with Crippen LogP contribution in [0.3, 0.4) is 0 Å². The Morgan fingerprint density at radius 1 is 1.50 bits per heavy atom. The fourth-order valence-electron chi connectivity index (χ4n) is 1.59. The van der Waals surface area contributed by atoms with Gasteiger partial charge in [-0.15, -0.1) is 11.8 Å². The van der Waals surface area contributed by atoms with Crippen LogP contribution in [0.1, 0.15) is 20.3 Å². The smallest absolute Gasteiger partial charge is 0.323 e. The summed E-state index contributed by atoms with van der Waals surface area (Å²) in [4.78, 5) is 11.7. The number of likely N-dealkylation sites (N-methyl/N-ethyl adjacent to an activating group) is 1. The summed E-state index contributed by atoms with van der Waals surface area (Å²) in [7, 11) is 0. The van der Waals surface area contributed by atoms with Crippen LogP contribution in [0.2, 0.25) is 0 Å². The van der Waals surface area contributed by atoms with Gasteiger partial charge in [-0.3, -0.25) is 4.79 Å². The number of aliphatic carboxylic acids is 1. The first-order chi connectivity index (χ1) is 8.49. The van der Waals surface area contributed by atoms with E-state index in [1.165, 1.54) is 17.8 Å². The second-order valence-electron chi connectivity index (χ2n) is 4.20. The molecule has 0 aliphatic heterocycles. The quantitative estimate of drug-likeness (QED) is 0.749. The molecule has 0 saturated heterocycles. The van der Waals surface area contributed by atoms with Gasteiger partial charge in [0, 0.05) is 10.6 Å². The zero-order chi connectivity index (χ0) is 13.6. The summed E-state index contributed by atoms with van der Waals surface area (Å²) in [5.74, 6) is -0.585. The third-order valence-electron chi connectivity index (χ3n) is 2.74. The molecular formula is C13H18FNO2S. The Labute approximate surface area is 111 Å². The molecule has 0 bridgehead atoms. The van der Waals surface area contributed by atoms with Crippen LogP contribution in [0, 0.1) is 5.82 Å². The van der Waals surface area contributed by atoms with Gasteiger partial charge in [0.1, 0.15) is 11.4 Å². The summed E-state index contributed by atoms with van der Waals surface area (Å²) in [5.41, 5.74) is -0.951. The van der Waals surface area contributed by atoms with Crippen LogP contribution in [0.15, 0.2) is 29.2 Å². The first-order valence-electron chi connectivity index (χ1n) is 5.85. The highest BCUT2D eigenvalue weighted by molar-refractivity contribution is 7.99. The summed E-state index contributed by atoms with van der Waals surface area (Å²) < 4.78 is 13.4. The molecule has 5 heteroatoms. The number of rotatable bonds is 7. The minimum atomic E-state index is -0.951. The number of carboxylic acid groups (broad SMARTS) is 1. The molecule has 1 atom stereocenters. The minimum absolute atomic E-state index is 0.261. The van der Waals surface area contributed by atoms with Crippen LogP contribution >= 0.6 is 11.8 Å².